The number of benzene rings is 1. The molecule has 1 aromatic carbocycles. The van der Waals surface area contributed by atoms with Gasteiger partial charge in [-0.25, -0.2) is 21.6 Å². The molecular weight excluding hydrogens is 306 g/mol. The summed E-state index contributed by atoms with van der Waals surface area (Å²) in [4.78, 5) is 11.4. The third-order valence-corrected chi connectivity index (χ3v) is 6.18. The number of aliphatic carboxylic acids is 1. The molecule has 1 atom stereocenters. The summed E-state index contributed by atoms with van der Waals surface area (Å²) in [7, 11) is -8.11. The highest BCUT2D eigenvalue weighted by Gasteiger charge is 2.39. The molecule has 0 aliphatic carbocycles. The van der Waals surface area contributed by atoms with Crippen LogP contribution in [-0.2, 0) is 30.2 Å². The second-order valence-corrected chi connectivity index (χ2v) is 8.78. The predicted octanol–water partition coefficient (Wildman–Crippen LogP) is -0.0921. The first-order valence-corrected chi connectivity index (χ1v) is 9.16. The van der Waals surface area contributed by atoms with E-state index in [1.54, 1.807) is 18.2 Å². The number of carbonyl (C=O) groups is 1. The largest absolute Gasteiger partial charge is 0.480 e. The van der Waals surface area contributed by atoms with E-state index in [0.29, 0.717) is 0 Å². The normalized spacial score (nSPS) is 15.5. The summed E-state index contributed by atoms with van der Waals surface area (Å²) in [6, 6.07) is 7.65. The summed E-state index contributed by atoms with van der Waals surface area (Å²) in [6.07, 6.45) is 0.757. The first kappa shape index (κ1) is 16.6. The van der Waals surface area contributed by atoms with Crippen LogP contribution in [0, 0.1) is 0 Å². The van der Waals surface area contributed by atoms with Gasteiger partial charge in [-0.05, 0) is 12.5 Å². The molecule has 1 aromatic rings. The van der Waals surface area contributed by atoms with Crippen LogP contribution in [-0.4, -0.2) is 39.3 Å². The van der Waals surface area contributed by atoms with Gasteiger partial charge < -0.3 is 5.11 Å². The molecule has 0 fully saturated rings. The molecule has 0 heterocycles. The summed E-state index contributed by atoms with van der Waals surface area (Å²) in [5.74, 6) is -1.43. The van der Waals surface area contributed by atoms with Crippen molar-refractivity contribution < 1.29 is 26.7 Å². The van der Waals surface area contributed by atoms with Gasteiger partial charge in [-0.3, -0.25) is 0 Å². The molecule has 0 bridgehead atoms. The van der Waals surface area contributed by atoms with Crippen molar-refractivity contribution in [2.45, 2.75) is 12.5 Å². The van der Waals surface area contributed by atoms with Gasteiger partial charge in [0.2, 0.25) is 10.0 Å². The Hall–Kier alpha value is -1.45. The van der Waals surface area contributed by atoms with Crippen LogP contribution in [0.5, 0.6) is 0 Å². The Morgan fingerprint density at radius 2 is 1.70 bits per heavy atom. The summed E-state index contributed by atoms with van der Waals surface area (Å²) in [6.45, 7) is 1.16. The lowest BCUT2D eigenvalue weighted by molar-refractivity contribution is -0.143. The average molecular weight is 321 g/mol. The number of sulfone groups is 1. The first-order valence-electron chi connectivity index (χ1n) is 5.44. The van der Waals surface area contributed by atoms with Crippen LogP contribution in [0.25, 0.3) is 0 Å². The number of hydrogen-bond donors (Lipinski definition) is 2. The Labute approximate surface area is 117 Å². The Kier molecular flexibility index (Phi) is 4.57. The van der Waals surface area contributed by atoms with Crippen LogP contribution in [0.1, 0.15) is 12.5 Å². The van der Waals surface area contributed by atoms with Gasteiger partial charge in [-0.15, -0.1) is 0 Å². The molecule has 9 heteroatoms. The third-order valence-electron chi connectivity index (χ3n) is 2.51. The first-order chi connectivity index (χ1) is 8.96. The topological polar surface area (TPSA) is 118 Å². The zero-order valence-corrected chi connectivity index (χ0v) is 12.5. The summed E-state index contributed by atoms with van der Waals surface area (Å²) in [5, 5.41) is 8.10. The van der Waals surface area contributed by atoms with Crippen molar-refractivity contribution >= 4 is 25.8 Å². The van der Waals surface area contributed by atoms with E-state index >= 15 is 0 Å². The van der Waals surface area contributed by atoms with E-state index in [9.17, 15) is 26.7 Å². The van der Waals surface area contributed by atoms with Gasteiger partial charge in [0.15, 0.2) is 20.5 Å². The van der Waals surface area contributed by atoms with Crippen LogP contribution < -0.4 is 4.72 Å². The molecule has 0 aliphatic heterocycles. The fourth-order valence-electron chi connectivity index (χ4n) is 1.62. The number of sulfonamides is 1. The molecule has 0 aliphatic rings. The molecule has 20 heavy (non-hydrogen) atoms. The number of rotatable bonds is 6. The Morgan fingerprint density at radius 1 is 1.20 bits per heavy atom. The van der Waals surface area contributed by atoms with E-state index in [1.165, 1.54) is 12.1 Å². The van der Waals surface area contributed by atoms with Crippen molar-refractivity contribution in [1.29, 1.82) is 0 Å². The third kappa shape index (κ3) is 4.29. The highest BCUT2D eigenvalue weighted by molar-refractivity contribution is 8.06. The second kappa shape index (κ2) is 5.51. The van der Waals surface area contributed by atoms with E-state index in [0.717, 1.165) is 13.2 Å². The maximum absolute atomic E-state index is 11.8. The molecule has 1 unspecified atom stereocenters. The Morgan fingerprint density at radius 3 is 2.10 bits per heavy atom. The monoisotopic (exact) mass is 321 g/mol. The Balaban J connectivity index is 3.21. The van der Waals surface area contributed by atoms with Gasteiger partial charge in [0, 0.05) is 6.26 Å². The molecule has 0 radical (unpaired) electrons. The van der Waals surface area contributed by atoms with E-state index in [1.807, 2.05) is 4.72 Å². The molecule has 2 N–H and O–H groups in total. The highest BCUT2D eigenvalue weighted by atomic mass is 32.3. The van der Waals surface area contributed by atoms with Crippen molar-refractivity contribution in [3.63, 3.8) is 0 Å². The SMILES string of the molecule is CC(NS(=O)(=O)CS(C)(=O)=O)(C(=O)O)c1ccccc1. The van der Waals surface area contributed by atoms with Crippen LogP contribution >= 0.6 is 0 Å². The maximum atomic E-state index is 11.8. The number of carboxylic acid groups (broad SMARTS) is 1. The zero-order valence-electron chi connectivity index (χ0n) is 10.9. The summed E-state index contributed by atoms with van der Waals surface area (Å²) in [5.41, 5.74) is -1.74. The minimum absolute atomic E-state index is 0.199. The average Bonchev–Trinajstić information content (AvgIpc) is 2.25. The van der Waals surface area contributed by atoms with Gasteiger partial charge in [0.25, 0.3) is 0 Å². The standard InChI is InChI=1S/C11H15NO6S2/c1-11(10(13)14,9-6-4-3-5-7-9)12-20(17,18)8-19(2,15)16/h3-7,12H,8H2,1-2H3,(H,13,14). The molecule has 1 rings (SSSR count). The van der Waals surface area contributed by atoms with Crippen LogP contribution in [0.15, 0.2) is 30.3 Å². The van der Waals surface area contributed by atoms with Crippen molar-refractivity contribution in [2.75, 3.05) is 11.3 Å². The van der Waals surface area contributed by atoms with Crippen molar-refractivity contribution in [3.05, 3.63) is 35.9 Å². The van der Waals surface area contributed by atoms with Gasteiger partial charge >= 0.3 is 5.97 Å². The van der Waals surface area contributed by atoms with Gasteiger partial charge in [0.1, 0.15) is 0 Å². The van der Waals surface area contributed by atoms with Gasteiger partial charge in [-0.2, -0.15) is 4.72 Å². The molecule has 112 valence electrons. The minimum atomic E-state index is -4.31. The quantitative estimate of drug-likeness (QED) is 0.756. The van der Waals surface area contributed by atoms with E-state index in [4.69, 9.17) is 0 Å². The fourth-order valence-corrected chi connectivity index (χ4v) is 4.94. The molecule has 0 amide bonds. The number of carboxylic acids is 1. The maximum Gasteiger partial charge on any atom is 0.329 e. The zero-order chi connectivity index (χ0) is 15.6. The molecule has 0 spiro atoms. The molecule has 0 saturated heterocycles. The highest BCUT2D eigenvalue weighted by Crippen LogP contribution is 2.22. The summed E-state index contributed by atoms with van der Waals surface area (Å²) >= 11 is 0. The lowest BCUT2D eigenvalue weighted by Crippen LogP contribution is -2.50. The van der Waals surface area contributed by atoms with Gasteiger partial charge in [0.05, 0.1) is 0 Å². The molecule has 0 saturated carbocycles. The fraction of sp³-hybridized carbons (Fsp3) is 0.364. The Bertz CT molecular complexity index is 696. The number of hydrogen-bond acceptors (Lipinski definition) is 5. The smallest absolute Gasteiger partial charge is 0.329 e. The van der Waals surface area contributed by atoms with Crippen molar-refractivity contribution in [3.8, 4) is 0 Å². The van der Waals surface area contributed by atoms with Gasteiger partial charge in [-0.1, -0.05) is 30.3 Å². The predicted molar refractivity (Wildman–Crippen MR) is 73.2 cm³/mol. The lowest BCUT2D eigenvalue weighted by atomic mass is 9.94. The van der Waals surface area contributed by atoms with E-state index in [-0.39, 0.29) is 5.56 Å². The molecule has 7 nitrogen and oxygen atoms in total. The minimum Gasteiger partial charge on any atom is -0.480 e. The molecule has 0 aromatic heterocycles. The van der Waals surface area contributed by atoms with E-state index in [2.05, 4.69) is 0 Å². The summed E-state index contributed by atoms with van der Waals surface area (Å²) < 4.78 is 47.7. The number of nitrogens with one attached hydrogen (secondary N) is 1. The molecular formula is C11H15NO6S2. The van der Waals surface area contributed by atoms with Crippen LogP contribution in [0.3, 0.4) is 0 Å². The van der Waals surface area contributed by atoms with Crippen molar-refractivity contribution in [2.24, 2.45) is 0 Å². The second-order valence-electron chi connectivity index (χ2n) is 4.56. The lowest BCUT2D eigenvalue weighted by Gasteiger charge is -2.26. The van der Waals surface area contributed by atoms with Crippen LogP contribution in [0.2, 0.25) is 0 Å². The van der Waals surface area contributed by atoms with Crippen molar-refractivity contribution in [1.82, 2.24) is 4.72 Å². The van der Waals surface area contributed by atoms with E-state index < -0.39 is 36.5 Å². The van der Waals surface area contributed by atoms with Crippen LogP contribution in [0.4, 0.5) is 0 Å².